The lowest BCUT2D eigenvalue weighted by Gasteiger charge is -2.24. The van der Waals surface area contributed by atoms with Crippen molar-refractivity contribution in [1.29, 1.82) is 0 Å². The molecule has 6 N–H and O–H groups in total. The maximum absolute atomic E-state index is 13.3. The Hall–Kier alpha value is -4.21. The van der Waals surface area contributed by atoms with Gasteiger partial charge >= 0.3 is 6.09 Å². The summed E-state index contributed by atoms with van der Waals surface area (Å²) in [6.45, 7) is 7.41. The van der Waals surface area contributed by atoms with Gasteiger partial charge in [0.1, 0.15) is 30.8 Å². The Balaban J connectivity index is 1.79. The van der Waals surface area contributed by atoms with Crippen LogP contribution in [0.15, 0.2) is 30.3 Å². The van der Waals surface area contributed by atoms with E-state index in [1.807, 2.05) is 37.3 Å². The summed E-state index contributed by atoms with van der Waals surface area (Å²) in [5, 5.41) is 12.6. The minimum atomic E-state index is -3.90. The normalized spacial score (nSPS) is 14.4. The van der Waals surface area contributed by atoms with Crippen molar-refractivity contribution in [3.63, 3.8) is 0 Å². The van der Waals surface area contributed by atoms with Gasteiger partial charge in [0.15, 0.2) is 0 Å². The number of hydrogen-bond donors (Lipinski definition) is 6. The third kappa shape index (κ3) is 24.1. The van der Waals surface area contributed by atoms with Gasteiger partial charge in [-0.1, -0.05) is 134 Å². The molecular weight excluding hydrogens is 801 g/mol. The Bertz CT molecular complexity index is 1570. The zero-order valence-electron chi connectivity index (χ0n) is 37.3. The molecule has 2 rings (SSSR count). The molecule has 6 amide bonds. The molecule has 0 saturated heterocycles. The van der Waals surface area contributed by atoms with E-state index >= 15 is 0 Å². The average molecular weight is 877 g/mol. The highest BCUT2D eigenvalue weighted by Crippen LogP contribution is 2.27. The lowest BCUT2D eigenvalue weighted by molar-refractivity contribution is -0.134. The van der Waals surface area contributed by atoms with E-state index in [4.69, 9.17) is 4.74 Å². The molecule has 15 nitrogen and oxygen atoms in total. The van der Waals surface area contributed by atoms with Crippen molar-refractivity contribution in [1.82, 2.24) is 31.3 Å². The summed E-state index contributed by atoms with van der Waals surface area (Å²) in [6, 6.07) is 4.92. The Morgan fingerprint density at radius 2 is 1.11 bits per heavy atom. The highest BCUT2D eigenvalue weighted by molar-refractivity contribution is 7.90. The van der Waals surface area contributed by atoms with Crippen LogP contribution in [0.3, 0.4) is 0 Å². The number of sulfonamides is 1. The molecule has 346 valence electrons. The molecule has 1 fully saturated rings. The maximum Gasteiger partial charge on any atom is 0.407 e. The number of benzene rings is 1. The number of rotatable bonds is 34. The number of alkyl carbamates (subject to hydrolysis) is 1. The summed E-state index contributed by atoms with van der Waals surface area (Å²) in [4.78, 5) is 77.6. The molecule has 61 heavy (non-hydrogen) atoms. The van der Waals surface area contributed by atoms with E-state index < -0.39 is 69.2 Å². The molecule has 0 unspecified atom stereocenters. The Morgan fingerprint density at radius 3 is 1.69 bits per heavy atom. The van der Waals surface area contributed by atoms with Crippen LogP contribution >= 0.6 is 0 Å². The Labute approximate surface area is 365 Å². The first-order chi connectivity index (χ1) is 29.3. The van der Waals surface area contributed by atoms with Crippen LogP contribution in [0.4, 0.5) is 4.79 Å². The third-order valence-electron chi connectivity index (χ3n) is 10.8. The minimum Gasteiger partial charge on any atom is -0.445 e. The van der Waals surface area contributed by atoms with E-state index in [1.165, 1.54) is 71.6 Å². The summed E-state index contributed by atoms with van der Waals surface area (Å²) in [6.07, 6.45) is 18.9. The highest BCUT2D eigenvalue weighted by Gasteiger charge is 2.38. The van der Waals surface area contributed by atoms with E-state index in [0.29, 0.717) is 44.9 Å². The van der Waals surface area contributed by atoms with Gasteiger partial charge in [-0.05, 0) is 64.4 Å². The summed E-state index contributed by atoms with van der Waals surface area (Å²) < 4.78 is 32.3. The number of carbonyl (C=O) groups is 6. The van der Waals surface area contributed by atoms with Crippen LogP contribution in [0.5, 0.6) is 0 Å². The van der Waals surface area contributed by atoms with Gasteiger partial charge in [-0.2, -0.15) is 0 Å². The molecule has 1 aliphatic rings. The minimum absolute atomic E-state index is 0.0514. The highest BCUT2D eigenvalue weighted by atomic mass is 32.2. The van der Waals surface area contributed by atoms with Crippen LogP contribution in [0, 0.1) is 0 Å². The van der Waals surface area contributed by atoms with Crippen LogP contribution in [-0.4, -0.2) is 80.0 Å². The smallest absolute Gasteiger partial charge is 0.407 e. The van der Waals surface area contributed by atoms with Crippen molar-refractivity contribution in [2.45, 2.75) is 205 Å². The molecule has 4 atom stereocenters. The molecule has 1 saturated carbocycles. The Morgan fingerprint density at radius 1 is 0.607 bits per heavy atom. The number of carbonyl (C=O) groups excluding carboxylic acids is 6. The van der Waals surface area contributed by atoms with Crippen molar-refractivity contribution in [2.24, 2.45) is 0 Å². The molecule has 1 aliphatic carbocycles. The second-order valence-electron chi connectivity index (χ2n) is 16.5. The summed E-state index contributed by atoms with van der Waals surface area (Å²) in [5.41, 5.74) is 0.833. The summed E-state index contributed by atoms with van der Waals surface area (Å²) in [7, 11) is -3.90. The quantitative estimate of drug-likeness (QED) is 0.0425. The van der Waals surface area contributed by atoms with Crippen LogP contribution in [0.1, 0.15) is 175 Å². The second kappa shape index (κ2) is 30.8. The zero-order valence-corrected chi connectivity index (χ0v) is 38.1. The first-order valence-corrected chi connectivity index (χ1v) is 24.5. The van der Waals surface area contributed by atoms with Gasteiger partial charge in [-0.3, -0.25) is 28.7 Å². The van der Waals surface area contributed by atoms with Gasteiger partial charge in [0.05, 0.1) is 5.25 Å². The molecule has 0 bridgehead atoms. The van der Waals surface area contributed by atoms with Crippen molar-refractivity contribution in [3.8, 4) is 0 Å². The van der Waals surface area contributed by atoms with Gasteiger partial charge in [0.25, 0.3) is 5.91 Å². The largest absolute Gasteiger partial charge is 0.445 e. The average Bonchev–Trinajstić information content (AvgIpc) is 4.10. The summed E-state index contributed by atoms with van der Waals surface area (Å²) in [5.74, 6) is -3.00. The van der Waals surface area contributed by atoms with E-state index in [0.717, 1.165) is 37.7 Å². The molecule has 0 radical (unpaired) electrons. The fourth-order valence-corrected chi connectivity index (χ4v) is 8.05. The number of unbranched alkanes of at least 4 members (excludes halogenated alkanes) is 14. The molecule has 0 heterocycles. The maximum atomic E-state index is 13.3. The first kappa shape index (κ1) is 52.9. The topological polar surface area (TPSA) is 218 Å². The zero-order chi connectivity index (χ0) is 44.9. The van der Waals surface area contributed by atoms with E-state index in [9.17, 15) is 37.2 Å². The number of hydrogen-bond acceptors (Lipinski definition) is 9. The predicted molar refractivity (Wildman–Crippen MR) is 237 cm³/mol. The van der Waals surface area contributed by atoms with Gasteiger partial charge in [0, 0.05) is 13.0 Å². The second-order valence-corrected chi connectivity index (χ2v) is 18.4. The lowest BCUT2D eigenvalue weighted by atomic mass is 10.0. The summed E-state index contributed by atoms with van der Waals surface area (Å²) >= 11 is 0. The molecular formula is C45H76N6O9S. The molecule has 0 aromatic heterocycles. The SMILES string of the molecule is CCCCCCCCCCCCCCCC(=O)N[C@@H](CCCC)C(=O)N[C@@H](C)C(=O)N[C@@H](C)C(=O)N[C@H](CCCCNC(=O)OCc1ccccc1)C(=O)NS(=O)(=O)C1CC1. The van der Waals surface area contributed by atoms with Gasteiger partial charge in [-0.15, -0.1) is 0 Å². The van der Waals surface area contributed by atoms with Crippen LogP contribution in [-0.2, 0) is 45.3 Å². The molecule has 0 spiro atoms. The molecule has 1 aromatic rings. The lowest BCUT2D eigenvalue weighted by Crippen LogP contribution is -2.57. The van der Waals surface area contributed by atoms with Crippen LogP contribution < -0.4 is 31.3 Å². The van der Waals surface area contributed by atoms with Crippen molar-refractivity contribution in [3.05, 3.63) is 35.9 Å². The van der Waals surface area contributed by atoms with Crippen molar-refractivity contribution >= 4 is 45.7 Å². The van der Waals surface area contributed by atoms with Gasteiger partial charge in [0.2, 0.25) is 33.7 Å². The molecule has 16 heteroatoms. The van der Waals surface area contributed by atoms with E-state index in [2.05, 4.69) is 38.2 Å². The van der Waals surface area contributed by atoms with Crippen molar-refractivity contribution in [2.75, 3.05) is 6.54 Å². The Kier molecular flexibility index (Phi) is 26.7. The van der Waals surface area contributed by atoms with E-state index in [1.54, 1.807) is 0 Å². The van der Waals surface area contributed by atoms with Crippen LogP contribution in [0.25, 0.3) is 0 Å². The van der Waals surface area contributed by atoms with Crippen LogP contribution in [0.2, 0.25) is 0 Å². The molecule has 0 aliphatic heterocycles. The van der Waals surface area contributed by atoms with Gasteiger partial charge in [-0.25, -0.2) is 13.2 Å². The predicted octanol–water partition coefficient (Wildman–Crippen LogP) is 6.34. The number of ether oxygens (including phenoxy) is 1. The van der Waals surface area contributed by atoms with Gasteiger partial charge < -0.3 is 31.3 Å². The molecule has 1 aromatic carbocycles. The standard InChI is InChI=1S/C45H76N6O9S/c1-5-7-9-10-11-12-13-14-15-16-17-18-22-29-40(52)49-38(27-8-6-2)43(55)48-34(3)41(53)47-35(4)42(54)50-39(44(56)51-61(58,59)37-30-31-37)28-23-24-32-46-45(57)60-33-36-25-20-19-21-26-36/h19-21,25-26,34-35,37-39H,5-18,22-24,27-33H2,1-4H3,(H,46,57)(H,47,53)(H,48,55)(H,49,52)(H,50,54)(H,51,56)/t34-,35-,38-,39+/m0/s1. The first-order valence-electron chi connectivity index (χ1n) is 23.0. The monoisotopic (exact) mass is 877 g/mol. The fourth-order valence-electron chi connectivity index (χ4n) is 6.71. The number of nitrogens with one attached hydrogen (secondary N) is 6. The van der Waals surface area contributed by atoms with E-state index in [-0.39, 0.29) is 25.5 Å². The van der Waals surface area contributed by atoms with Crippen molar-refractivity contribution < 1.29 is 41.9 Å². The number of amides is 6. The third-order valence-corrected chi connectivity index (χ3v) is 12.6. The fraction of sp³-hybridized carbons (Fsp3) is 0.733.